The van der Waals surface area contributed by atoms with E-state index in [1.165, 1.54) is 0 Å². The Bertz CT molecular complexity index is 1910. The second kappa shape index (κ2) is 29.8. The molecule has 0 aliphatic heterocycles. The van der Waals surface area contributed by atoms with E-state index in [9.17, 15) is 133 Å². The van der Waals surface area contributed by atoms with Gasteiger partial charge in [-0.3, -0.25) is 18.6 Å². The van der Waals surface area contributed by atoms with Crippen molar-refractivity contribution in [3.63, 3.8) is 0 Å². The Labute approximate surface area is 442 Å². The van der Waals surface area contributed by atoms with E-state index in [1.807, 2.05) is 0 Å². The Morgan fingerprint density at radius 1 is 0.400 bits per heavy atom. The van der Waals surface area contributed by atoms with Crippen molar-refractivity contribution in [2.45, 2.75) is 219 Å². The van der Waals surface area contributed by atoms with Gasteiger partial charge in [-0.2, -0.15) is 114 Å². The first-order chi connectivity index (χ1) is 35.8. The molecule has 80 heavy (non-hydrogen) atoms. The minimum absolute atomic E-state index is 0.0154. The van der Waals surface area contributed by atoms with Crippen molar-refractivity contribution in [1.29, 1.82) is 0 Å². The highest BCUT2D eigenvalue weighted by atomic mass is 31.2. The minimum atomic E-state index is -7.97. The summed E-state index contributed by atoms with van der Waals surface area (Å²) >= 11 is 0. The average Bonchev–Trinajstić information content (AvgIpc) is 3.28. The van der Waals surface area contributed by atoms with Gasteiger partial charge in [-0.25, -0.2) is 4.57 Å². The van der Waals surface area contributed by atoms with Gasteiger partial charge in [0.15, 0.2) is 6.10 Å². The van der Waals surface area contributed by atoms with E-state index < -0.39 is 149 Å². The molecule has 0 amide bonds. The zero-order valence-electron chi connectivity index (χ0n) is 43.0. The Morgan fingerprint density at radius 3 is 1.00 bits per heavy atom. The first-order valence-electron chi connectivity index (χ1n) is 24.5. The van der Waals surface area contributed by atoms with Crippen LogP contribution in [0.2, 0.25) is 0 Å². The molecule has 1 unspecified atom stereocenters. The predicted molar refractivity (Wildman–Crippen MR) is 229 cm³/mol. The molecule has 0 fully saturated rings. The number of unbranched alkanes of at least 4 members (excludes halogenated alkanes) is 16. The van der Waals surface area contributed by atoms with Crippen molar-refractivity contribution in [3.05, 3.63) is 0 Å². The number of hydrogen-bond donors (Lipinski definition) is 1. The fourth-order valence-corrected chi connectivity index (χ4v) is 7.63. The van der Waals surface area contributed by atoms with Gasteiger partial charge in [0, 0.05) is 25.7 Å². The van der Waals surface area contributed by atoms with E-state index >= 15 is 0 Å². The van der Waals surface area contributed by atoms with Gasteiger partial charge in [0.1, 0.15) is 19.8 Å². The third kappa shape index (κ3) is 21.1. The SMILES string of the molecule is C[N+](C)(C)CCOP(=O)(O)OC[C@@H](COC(=O)CCCCCCCCCCCC(F)(F)C(F)(F)C(F)(F)C(F)(F)C(F)(F)C(F)(F)F)OC(=O)CCCCCCCCCCCC(F)(F)C(F)(F)C(F)(F)C(F)(F)C(F)(F)C(F)(F)F. The molecule has 0 spiro atoms. The monoisotopic (exact) mass is 1260 g/mol. The molecule has 36 heteroatoms. The van der Waals surface area contributed by atoms with Crippen LogP contribution in [0.3, 0.4) is 0 Å². The molecule has 478 valence electrons. The van der Waals surface area contributed by atoms with E-state index in [-0.39, 0.29) is 64.5 Å². The van der Waals surface area contributed by atoms with Crippen LogP contribution in [0.15, 0.2) is 0 Å². The molecule has 0 aliphatic rings. The van der Waals surface area contributed by atoms with Gasteiger partial charge in [-0.15, -0.1) is 0 Å². The number of alkyl halides is 26. The molecule has 0 rings (SSSR count). The summed E-state index contributed by atoms with van der Waals surface area (Å²) in [5, 5.41) is 0. The largest absolute Gasteiger partial charge is 0.472 e. The van der Waals surface area contributed by atoms with Crippen LogP contribution >= 0.6 is 7.82 Å². The van der Waals surface area contributed by atoms with Crippen molar-refractivity contribution in [1.82, 2.24) is 0 Å². The number of carbonyl (C=O) groups excluding carboxylic acids is 2. The zero-order chi connectivity index (χ0) is 62.9. The molecule has 0 saturated heterocycles. The van der Waals surface area contributed by atoms with Crippen LogP contribution in [-0.4, -0.2) is 147 Å². The lowest BCUT2D eigenvalue weighted by Crippen LogP contribution is -2.70. The van der Waals surface area contributed by atoms with Gasteiger partial charge in [-0.1, -0.05) is 89.9 Å². The number of hydrogen-bond acceptors (Lipinski definition) is 7. The van der Waals surface area contributed by atoms with Crippen molar-refractivity contribution < 1.29 is 156 Å². The lowest BCUT2D eigenvalue weighted by molar-refractivity contribution is -0.870. The van der Waals surface area contributed by atoms with E-state index in [2.05, 4.69) is 0 Å². The van der Waals surface area contributed by atoms with Gasteiger partial charge in [-0.05, 0) is 25.7 Å². The van der Waals surface area contributed by atoms with E-state index in [0.717, 1.165) is 0 Å². The van der Waals surface area contributed by atoms with Crippen LogP contribution in [-0.2, 0) is 32.7 Å². The fourth-order valence-electron chi connectivity index (χ4n) is 6.89. The Kier molecular flexibility index (Phi) is 28.8. The first kappa shape index (κ1) is 77.2. The highest BCUT2D eigenvalue weighted by Gasteiger charge is 2.92. The number of quaternary nitrogens is 1. The number of likely N-dealkylation sites (N-methyl/N-ethyl adjacent to an activating group) is 1. The van der Waals surface area contributed by atoms with Crippen molar-refractivity contribution in [3.8, 4) is 0 Å². The summed E-state index contributed by atoms with van der Waals surface area (Å²) in [6.45, 7) is -1.49. The molecule has 1 N–H and O–H groups in total. The molecule has 0 aromatic carbocycles. The lowest BCUT2D eigenvalue weighted by Gasteiger charge is -2.39. The van der Waals surface area contributed by atoms with Crippen LogP contribution < -0.4 is 0 Å². The summed E-state index contributed by atoms with van der Waals surface area (Å²) in [5.74, 6) is -75.9. The van der Waals surface area contributed by atoms with Crippen molar-refractivity contribution >= 4 is 19.8 Å². The molecule has 0 aromatic rings. The van der Waals surface area contributed by atoms with Crippen molar-refractivity contribution in [2.75, 3.05) is 47.5 Å². The first-order valence-corrected chi connectivity index (χ1v) is 26.0. The van der Waals surface area contributed by atoms with Gasteiger partial charge in [0.05, 0.1) is 27.7 Å². The summed E-state index contributed by atoms with van der Waals surface area (Å²) in [4.78, 5) is 35.2. The minimum Gasteiger partial charge on any atom is -0.462 e. The molecule has 9 nitrogen and oxygen atoms in total. The lowest BCUT2D eigenvalue weighted by atomic mass is 9.91. The van der Waals surface area contributed by atoms with Crippen LogP contribution in [0.25, 0.3) is 0 Å². The van der Waals surface area contributed by atoms with Crippen LogP contribution in [0.5, 0.6) is 0 Å². The smallest absolute Gasteiger partial charge is 0.462 e. The number of carbonyl (C=O) groups is 2. The van der Waals surface area contributed by atoms with E-state index in [1.54, 1.807) is 21.1 Å². The molecular weight excluding hydrogens is 1200 g/mol. The molecular formula is C44H63F26NO8P+. The fraction of sp³-hybridized carbons (Fsp3) is 0.955. The quantitative estimate of drug-likeness (QED) is 0.0212. The number of rotatable bonds is 42. The molecule has 2 atom stereocenters. The van der Waals surface area contributed by atoms with E-state index in [0.29, 0.717) is 55.8 Å². The maximum atomic E-state index is 14.0. The van der Waals surface area contributed by atoms with Crippen molar-refractivity contribution in [2.24, 2.45) is 0 Å². The second-order valence-corrected chi connectivity index (χ2v) is 21.2. The predicted octanol–water partition coefficient (Wildman–Crippen LogP) is 16.3. The third-order valence-electron chi connectivity index (χ3n) is 11.9. The summed E-state index contributed by atoms with van der Waals surface area (Å²) in [6.07, 6.45) is -20.5. The summed E-state index contributed by atoms with van der Waals surface area (Å²) < 4.78 is 378. The molecule has 0 radical (unpaired) electrons. The number of ether oxygens (including phenoxy) is 2. The molecule has 0 aromatic heterocycles. The van der Waals surface area contributed by atoms with Gasteiger partial charge in [0.2, 0.25) is 0 Å². The highest BCUT2D eigenvalue weighted by Crippen LogP contribution is 2.62. The molecule has 0 bridgehead atoms. The van der Waals surface area contributed by atoms with Gasteiger partial charge < -0.3 is 18.9 Å². The summed E-state index contributed by atoms with van der Waals surface area (Å²) in [7, 11) is 0.490. The zero-order valence-corrected chi connectivity index (χ0v) is 43.9. The molecule has 0 heterocycles. The normalized spacial score (nSPS) is 15.7. The maximum absolute atomic E-state index is 14.0. The Hall–Kier alpha value is -2.81. The Morgan fingerprint density at radius 2 is 0.688 bits per heavy atom. The Balaban J connectivity index is 4.92. The second-order valence-electron chi connectivity index (χ2n) is 19.8. The van der Waals surface area contributed by atoms with E-state index in [4.69, 9.17) is 18.5 Å². The van der Waals surface area contributed by atoms with Crippen LogP contribution in [0, 0.1) is 0 Å². The topological polar surface area (TPSA) is 108 Å². The van der Waals surface area contributed by atoms with Gasteiger partial charge >= 0.3 is 91.3 Å². The number of halogens is 26. The molecule has 0 aliphatic carbocycles. The maximum Gasteiger partial charge on any atom is 0.472 e. The third-order valence-corrected chi connectivity index (χ3v) is 12.9. The van der Waals surface area contributed by atoms with Crippen LogP contribution in [0.1, 0.15) is 141 Å². The number of phosphoric acid groups is 1. The molecule has 0 saturated carbocycles. The summed E-state index contributed by atoms with van der Waals surface area (Å²) in [6, 6.07) is 0. The van der Waals surface area contributed by atoms with Crippen LogP contribution in [0.4, 0.5) is 114 Å². The highest BCUT2D eigenvalue weighted by molar-refractivity contribution is 7.47. The average molecular weight is 1260 g/mol. The van der Waals surface area contributed by atoms with Gasteiger partial charge in [0.25, 0.3) is 0 Å². The summed E-state index contributed by atoms with van der Waals surface area (Å²) in [5.41, 5.74) is 0. The number of phosphoric ester groups is 1. The number of esters is 2. The number of nitrogens with zero attached hydrogens (tertiary/aromatic N) is 1. The standard InChI is InChI=1S/C44H62F26NO8P/c1-71(2,3)26-27-77-80(74,75)78-29-30(79-32(73)23-19-15-11-7-5-9-13-17-21-25-34(47,48)36(51,52)38(55,56)40(59,60)42(63,64)44(68,69)70)28-76-31(72)22-18-14-10-6-4-8-12-16-20-24-33(45,46)35(49,50)37(53,54)39(57,58)41(61,62)43(65,66)67/h30H,4-29H2,1-3H3/p+1/t30-/m1/s1.